The van der Waals surface area contributed by atoms with Gasteiger partial charge in [-0.1, -0.05) is 17.9 Å². The van der Waals surface area contributed by atoms with E-state index in [4.69, 9.17) is 4.74 Å². The van der Waals surface area contributed by atoms with E-state index in [1.807, 2.05) is 0 Å². The van der Waals surface area contributed by atoms with Gasteiger partial charge in [-0.05, 0) is 31.2 Å². The second kappa shape index (κ2) is 6.46. The summed E-state index contributed by atoms with van der Waals surface area (Å²) < 4.78 is 5.35. The fourth-order valence-corrected chi connectivity index (χ4v) is 1.56. The number of benzene rings is 1. The summed E-state index contributed by atoms with van der Waals surface area (Å²) in [6.07, 6.45) is 1.66. The van der Waals surface area contributed by atoms with Crippen LogP contribution in [0.25, 0.3) is 0 Å². The molecule has 0 aliphatic carbocycles. The Labute approximate surface area is 116 Å². The summed E-state index contributed by atoms with van der Waals surface area (Å²) in [5, 5.41) is 16.2. The molecule has 1 amide bonds. The van der Waals surface area contributed by atoms with Crippen molar-refractivity contribution in [1.82, 2.24) is 25.9 Å². The minimum Gasteiger partial charge on any atom is -0.490 e. The highest BCUT2D eigenvalue weighted by molar-refractivity contribution is 5.94. The summed E-state index contributed by atoms with van der Waals surface area (Å²) in [4.78, 5) is 12.0. The van der Waals surface area contributed by atoms with Gasteiger partial charge in [0, 0.05) is 5.56 Å². The van der Waals surface area contributed by atoms with Gasteiger partial charge in [-0.15, -0.1) is 10.2 Å². The van der Waals surface area contributed by atoms with Crippen molar-refractivity contribution in [2.75, 3.05) is 6.61 Å². The molecule has 1 unspecified atom stereocenters. The molecular weight excluding hydrogens is 258 g/mol. The maximum absolute atomic E-state index is 12.0. The number of hydrogen-bond acceptors (Lipinski definition) is 5. The van der Waals surface area contributed by atoms with Crippen molar-refractivity contribution in [3.63, 3.8) is 0 Å². The maximum Gasteiger partial charge on any atom is 0.251 e. The highest BCUT2D eigenvalue weighted by Gasteiger charge is 2.14. The summed E-state index contributed by atoms with van der Waals surface area (Å²) in [5.41, 5.74) is 0.534. The van der Waals surface area contributed by atoms with E-state index in [0.29, 0.717) is 23.7 Å². The summed E-state index contributed by atoms with van der Waals surface area (Å²) >= 11 is 0. The second-order valence-corrected chi connectivity index (χ2v) is 4.09. The first kappa shape index (κ1) is 13.7. The van der Waals surface area contributed by atoms with Crippen LogP contribution < -0.4 is 10.1 Å². The predicted octanol–water partition coefficient (Wildman–Crippen LogP) is 1.26. The van der Waals surface area contributed by atoms with Crippen LogP contribution in [0.2, 0.25) is 0 Å². The van der Waals surface area contributed by atoms with E-state index in [1.165, 1.54) is 0 Å². The van der Waals surface area contributed by atoms with Crippen LogP contribution in [0.15, 0.2) is 36.9 Å². The molecule has 1 aromatic heterocycles. The topological polar surface area (TPSA) is 92.8 Å². The number of ether oxygens (including phenoxy) is 1. The monoisotopic (exact) mass is 273 g/mol. The zero-order valence-electron chi connectivity index (χ0n) is 11.0. The first-order valence-electron chi connectivity index (χ1n) is 6.08. The Morgan fingerprint density at radius 2 is 2.25 bits per heavy atom. The minimum atomic E-state index is -0.321. The lowest BCUT2D eigenvalue weighted by molar-refractivity contribution is 0.0938. The molecule has 0 fully saturated rings. The highest BCUT2D eigenvalue weighted by Crippen LogP contribution is 2.13. The van der Waals surface area contributed by atoms with Gasteiger partial charge in [-0.3, -0.25) is 4.79 Å². The largest absolute Gasteiger partial charge is 0.490 e. The van der Waals surface area contributed by atoms with E-state index in [0.717, 1.165) is 0 Å². The van der Waals surface area contributed by atoms with Crippen LogP contribution in [0.3, 0.4) is 0 Å². The van der Waals surface area contributed by atoms with Gasteiger partial charge in [-0.2, -0.15) is 5.21 Å². The zero-order valence-corrected chi connectivity index (χ0v) is 11.0. The lowest BCUT2D eigenvalue weighted by Crippen LogP contribution is -2.27. The van der Waals surface area contributed by atoms with Crippen molar-refractivity contribution < 1.29 is 9.53 Å². The molecule has 2 rings (SSSR count). The summed E-state index contributed by atoms with van der Waals surface area (Å²) in [7, 11) is 0. The molecule has 0 aliphatic rings. The average Bonchev–Trinajstić information content (AvgIpc) is 3.00. The van der Waals surface area contributed by atoms with Crippen LogP contribution in [0.4, 0.5) is 0 Å². The quantitative estimate of drug-likeness (QED) is 0.773. The number of nitrogens with zero attached hydrogens (tertiary/aromatic N) is 3. The number of H-pyrrole nitrogens is 1. The molecule has 2 aromatic rings. The van der Waals surface area contributed by atoms with E-state index < -0.39 is 0 Å². The van der Waals surface area contributed by atoms with Crippen LogP contribution in [-0.2, 0) is 0 Å². The molecule has 0 bridgehead atoms. The van der Waals surface area contributed by atoms with E-state index in [9.17, 15) is 4.79 Å². The molecule has 2 N–H and O–H groups in total. The van der Waals surface area contributed by atoms with Crippen molar-refractivity contribution in [3.05, 3.63) is 48.3 Å². The second-order valence-electron chi connectivity index (χ2n) is 4.09. The molecule has 1 atom stereocenters. The molecule has 0 aliphatic heterocycles. The first-order chi connectivity index (χ1) is 9.70. The number of aromatic nitrogens is 4. The number of carbonyl (C=O) groups excluding carboxylic acids is 1. The molecule has 7 heteroatoms. The molecule has 7 nitrogen and oxygen atoms in total. The smallest absolute Gasteiger partial charge is 0.251 e. The molecule has 0 saturated carbocycles. The van der Waals surface area contributed by atoms with Gasteiger partial charge in [0.05, 0.1) is 6.04 Å². The Balaban J connectivity index is 1.97. The molecule has 1 aromatic carbocycles. The van der Waals surface area contributed by atoms with Gasteiger partial charge < -0.3 is 10.1 Å². The molecule has 104 valence electrons. The third-order valence-electron chi connectivity index (χ3n) is 2.58. The highest BCUT2D eigenvalue weighted by atomic mass is 16.5. The van der Waals surface area contributed by atoms with E-state index >= 15 is 0 Å². The van der Waals surface area contributed by atoms with E-state index in [1.54, 1.807) is 37.3 Å². The zero-order chi connectivity index (χ0) is 14.4. The van der Waals surface area contributed by atoms with E-state index in [2.05, 4.69) is 32.5 Å². The van der Waals surface area contributed by atoms with Gasteiger partial charge in [0.1, 0.15) is 12.4 Å². The van der Waals surface area contributed by atoms with Crippen molar-refractivity contribution in [3.8, 4) is 5.75 Å². The van der Waals surface area contributed by atoms with Crippen molar-refractivity contribution in [2.24, 2.45) is 0 Å². The van der Waals surface area contributed by atoms with E-state index in [-0.39, 0.29) is 11.9 Å². The predicted molar refractivity (Wildman–Crippen MR) is 72.2 cm³/mol. The normalized spacial score (nSPS) is 11.7. The molecular formula is C13H15N5O2. The maximum atomic E-state index is 12.0. The molecule has 0 spiro atoms. The molecule has 20 heavy (non-hydrogen) atoms. The minimum absolute atomic E-state index is 0.211. The summed E-state index contributed by atoms with van der Waals surface area (Å²) in [6, 6.07) is 6.53. The van der Waals surface area contributed by atoms with Crippen LogP contribution in [0, 0.1) is 0 Å². The SMILES string of the molecule is C=CCOc1ccc(C(=O)NC(C)c2nn[nH]n2)cc1. The van der Waals surface area contributed by atoms with Crippen molar-refractivity contribution in [1.29, 1.82) is 0 Å². The number of aromatic amines is 1. The summed E-state index contributed by atoms with van der Waals surface area (Å²) in [5.74, 6) is 0.912. The van der Waals surface area contributed by atoms with Crippen molar-refractivity contribution in [2.45, 2.75) is 13.0 Å². The third-order valence-corrected chi connectivity index (χ3v) is 2.58. The van der Waals surface area contributed by atoms with Gasteiger partial charge in [0.2, 0.25) is 0 Å². The molecule has 0 radical (unpaired) electrons. The Morgan fingerprint density at radius 1 is 1.50 bits per heavy atom. The first-order valence-corrected chi connectivity index (χ1v) is 6.08. The van der Waals surface area contributed by atoms with Gasteiger partial charge in [-0.25, -0.2) is 0 Å². The number of amides is 1. The van der Waals surface area contributed by atoms with Crippen LogP contribution >= 0.6 is 0 Å². The number of nitrogens with one attached hydrogen (secondary N) is 2. The number of rotatable bonds is 6. The van der Waals surface area contributed by atoms with Gasteiger partial charge in [0.25, 0.3) is 5.91 Å². The molecule has 0 saturated heterocycles. The Hall–Kier alpha value is -2.70. The fraction of sp³-hybridized carbons (Fsp3) is 0.231. The lowest BCUT2D eigenvalue weighted by Gasteiger charge is -2.10. The van der Waals surface area contributed by atoms with Crippen LogP contribution in [0.1, 0.15) is 29.1 Å². The average molecular weight is 273 g/mol. The van der Waals surface area contributed by atoms with Gasteiger partial charge in [0.15, 0.2) is 5.82 Å². The standard InChI is InChI=1S/C13H15N5O2/c1-3-8-20-11-6-4-10(5-7-11)13(19)14-9(2)12-15-17-18-16-12/h3-7,9H,1,8H2,2H3,(H,14,19)(H,15,16,17,18). The Kier molecular flexibility index (Phi) is 4.43. The molecule has 1 heterocycles. The van der Waals surface area contributed by atoms with Crippen LogP contribution in [-0.4, -0.2) is 33.1 Å². The lowest BCUT2D eigenvalue weighted by atomic mass is 10.2. The van der Waals surface area contributed by atoms with Crippen LogP contribution in [0.5, 0.6) is 5.75 Å². The third kappa shape index (κ3) is 3.41. The fourth-order valence-electron chi connectivity index (χ4n) is 1.56. The van der Waals surface area contributed by atoms with Gasteiger partial charge >= 0.3 is 0 Å². The number of carbonyl (C=O) groups is 1. The Bertz CT molecular complexity index is 565. The van der Waals surface area contributed by atoms with Crippen molar-refractivity contribution >= 4 is 5.91 Å². The number of tetrazole rings is 1. The Morgan fingerprint density at radius 3 is 2.85 bits per heavy atom. The summed E-state index contributed by atoms with van der Waals surface area (Å²) in [6.45, 7) is 5.78. The number of hydrogen-bond donors (Lipinski definition) is 2.